The van der Waals surface area contributed by atoms with Gasteiger partial charge in [-0.1, -0.05) is 18.2 Å². The van der Waals surface area contributed by atoms with Crippen LogP contribution < -0.4 is 5.32 Å². The SMILES string of the molecule is Cc1ccccc1NC(=O)N1C[C@H]2CC[C@@H](C1)N(CC(=O)N(C)C)C2=O. The number of nitrogens with one attached hydrogen (secondary N) is 1. The lowest BCUT2D eigenvalue weighted by Crippen LogP contribution is -2.51. The predicted octanol–water partition coefficient (Wildman–Crippen LogP) is 1.54. The highest BCUT2D eigenvalue weighted by atomic mass is 16.2. The summed E-state index contributed by atoms with van der Waals surface area (Å²) in [7, 11) is 3.37. The van der Waals surface area contributed by atoms with Crippen molar-refractivity contribution in [1.29, 1.82) is 0 Å². The number of piperidine rings is 1. The quantitative estimate of drug-likeness (QED) is 0.891. The van der Waals surface area contributed by atoms with E-state index in [1.807, 2.05) is 31.2 Å². The first kappa shape index (κ1) is 18.2. The van der Waals surface area contributed by atoms with Crippen molar-refractivity contribution < 1.29 is 14.4 Å². The van der Waals surface area contributed by atoms with E-state index < -0.39 is 0 Å². The van der Waals surface area contributed by atoms with Crippen molar-refractivity contribution in [1.82, 2.24) is 14.7 Å². The van der Waals surface area contributed by atoms with Gasteiger partial charge >= 0.3 is 6.03 Å². The third-order valence-electron chi connectivity index (χ3n) is 5.27. The molecule has 0 saturated carbocycles. The number of carbonyl (C=O) groups excluding carboxylic acids is 3. The van der Waals surface area contributed by atoms with E-state index in [4.69, 9.17) is 0 Å². The van der Waals surface area contributed by atoms with Crippen LogP contribution in [0.5, 0.6) is 0 Å². The molecule has 3 fully saturated rings. The minimum atomic E-state index is -0.230. The van der Waals surface area contributed by atoms with Gasteiger partial charge in [-0.3, -0.25) is 9.59 Å². The van der Waals surface area contributed by atoms with Crippen LogP contribution in [0, 0.1) is 12.8 Å². The van der Waals surface area contributed by atoms with Crippen LogP contribution in [0.15, 0.2) is 24.3 Å². The van der Waals surface area contributed by atoms with Gasteiger partial charge in [0, 0.05) is 38.9 Å². The van der Waals surface area contributed by atoms with Gasteiger partial charge in [-0.15, -0.1) is 0 Å². The third-order valence-corrected chi connectivity index (χ3v) is 5.27. The molecule has 7 heteroatoms. The predicted molar refractivity (Wildman–Crippen MR) is 98.7 cm³/mol. The zero-order valence-electron chi connectivity index (χ0n) is 15.6. The molecule has 1 N–H and O–H groups in total. The highest BCUT2D eigenvalue weighted by Gasteiger charge is 2.42. The number of amides is 4. The molecule has 1 aromatic rings. The number of fused-ring (bicyclic) bond motifs is 4. The van der Waals surface area contributed by atoms with Crippen molar-refractivity contribution in [2.45, 2.75) is 25.8 Å². The monoisotopic (exact) mass is 358 g/mol. The minimum absolute atomic E-state index is 0.0114. The zero-order valence-corrected chi connectivity index (χ0v) is 15.6. The molecule has 4 amide bonds. The zero-order chi connectivity index (χ0) is 18.8. The molecule has 3 saturated heterocycles. The van der Waals surface area contributed by atoms with E-state index >= 15 is 0 Å². The van der Waals surface area contributed by atoms with E-state index in [2.05, 4.69) is 5.32 Å². The number of aryl methyl sites for hydroxylation is 1. The molecule has 0 aliphatic carbocycles. The fourth-order valence-corrected chi connectivity index (χ4v) is 3.61. The minimum Gasteiger partial charge on any atom is -0.347 e. The van der Waals surface area contributed by atoms with Gasteiger partial charge in [0.05, 0.1) is 5.92 Å². The lowest BCUT2D eigenvalue weighted by molar-refractivity contribution is -0.145. The maximum Gasteiger partial charge on any atom is 0.321 e. The average Bonchev–Trinajstić information content (AvgIpc) is 2.89. The van der Waals surface area contributed by atoms with Crippen LogP contribution in [-0.2, 0) is 9.59 Å². The normalized spacial score (nSPS) is 22.2. The molecule has 0 aromatic heterocycles. The average molecular weight is 358 g/mol. The fraction of sp³-hybridized carbons (Fsp3) is 0.526. The number of benzene rings is 1. The van der Waals surface area contributed by atoms with Crippen molar-refractivity contribution in [3.05, 3.63) is 29.8 Å². The van der Waals surface area contributed by atoms with Gasteiger partial charge in [0.1, 0.15) is 6.54 Å². The Kier molecular flexibility index (Phi) is 5.15. The van der Waals surface area contributed by atoms with Gasteiger partial charge in [0.25, 0.3) is 0 Å². The van der Waals surface area contributed by atoms with E-state index in [0.29, 0.717) is 13.1 Å². The molecule has 3 heterocycles. The Morgan fingerprint density at radius 3 is 2.62 bits per heavy atom. The van der Waals surface area contributed by atoms with Crippen LogP contribution in [0.25, 0.3) is 0 Å². The summed E-state index contributed by atoms with van der Waals surface area (Å²) in [5.41, 5.74) is 1.77. The Morgan fingerprint density at radius 2 is 1.92 bits per heavy atom. The Balaban J connectivity index is 1.72. The van der Waals surface area contributed by atoms with E-state index in [1.54, 1.807) is 23.9 Å². The molecule has 140 valence electrons. The van der Waals surface area contributed by atoms with Crippen LogP contribution >= 0.6 is 0 Å². The second kappa shape index (κ2) is 7.35. The molecule has 2 atom stereocenters. The molecule has 0 radical (unpaired) electrons. The molecular formula is C19H26N4O3. The maximum absolute atomic E-state index is 12.7. The van der Waals surface area contributed by atoms with Crippen LogP contribution in [0.4, 0.5) is 10.5 Å². The summed E-state index contributed by atoms with van der Waals surface area (Å²) in [6.45, 7) is 2.89. The van der Waals surface area contributed by atoms with Crippen LogP contribution in [0.1, 0.15) is 18.4 Å². The lowest BCUT2D eigenvalue weighted by Gasteiger charge is -2.35. The van der Waals surface area contributed by atoms with Gasteiger partial charge in [0.15, 0.2) is 0 Å². The second-order valence-electron chi connectivity index (χ2n) is 7.33. The number of likely N-dealkylation sites (N-methyl/N-ethyl adjacent to an activating group) is 1. The fourth-order valence-electron chi connectivity index (χ4n) is 3.61. The molecule has 3 aliphatic heterocycles. The van der Waals surface area contributed by atoms with Gasteiger partial charge in [-0.05, 0) is 31.4 Å². The molecule has 1 aromatic carbocycles. The van der Waals surface area contributed by atoms with Crippen LogP contribution in [-0.4, -0.2) is 72.3 Å². The van der Waals surface area contributed by atoms with Crippen LogP contribution in [0.3, 0.4) is 0 Å². The maximum atomic E-state index is 12.7. The largest absolute Gasteiger partial charge is 0.347 e. The molecule has 0 unspecified atom stereocenters. The number of urea groups is 1. The first-order valence-electron chi connectivity index (χ1n) is 8.99. The van der Waals surface area contributed by atoms with Gasteiger partial charge in [-0.25, -0.2) is 4.79 Å². The summed E-state index contributed by atoms with van der Waals surface area (Å²) >= 11 is 0. The summed E-state index contributed by atoms with van der Waals surface area (Å²) in [6.07, 6.45) is 1.59. The van der Waals surface area contributed by atoms with Crippen molar-refractivity contribution in [3.8, 4) is 0 Å². The molecule has 26 heavy (non-hydrogen) atoms. The summed E-state index contributed by atoms with van der Waals surface area (Å²) in [6, 6.07) is 7.33. The van der Waals surface area contributed by atoms with Crippen molar-refractivity contribution in [2.75, 3.05) is 39.0 Å². The van der Waals surface area contributed by atoms with Gasteiger partial charge in [-0.2, -0.15) is 0 Å². The molecular weight excluding hydrogens is 332 g/mol. The summed E-state index contributed by atoms with van der Waals surface area (Å²) in [5, 5.41) is 2.95. The Labute approximate surface area is 153 Å². The number of nitrogens with zero attached hydrogens (tertiary/aromatic N) is 3. The number of anilines is 1. The number of carbonyl (C=O) groups is 3. The summed E-state index contributed by atoms with van der Waals surface area (Å²) < 4.78 is 0. The molecule has 3 aliphatic rings. The van der Waals surface area contributed by atoms with Gasteiger partial charge in [0.2, 0.25) is 11.8 Å². The molecule has 4 rings (SSSR count). The summed E-state index contributed by atoms with van der Waals surface area (Å²) in [4.78, 5) is 42.4. The Bertz CT molecular complexity index is 718. The Hall–Kier alpha value is -2.57. The lowest BCUT2D eigenvalue weighted by atomic mass is 9.94. The van der Waals surface area contributed by atoms with Crippen molar-refractivity contribution >= 4 is 23.5 Å². The standard InChI is InChI=1S/C19H26N4O3/c1-13-6-4-5-7-16(13)20-19(26)22-10-14-8-9-15(11-22)23(18(14)25)12-17(24)21(2)3/h4-7,14-15H,8-12H2,1-3H3,(H,20,26)/t14-,15+/m1/s1. The second-order valence-corrected chi connectivity index (χ2v) is 7.33. The number of hydrogen-bond acceptors (Lipinski definition) is 3. The molecule has 0 spiro atoms. The molecule has 2 bridgehead atoms. The van der Waals surface area contributed by atoms with Gasteiger partial charge < -0.3 is 20.0 Å². The topological polar surface area (TPSA) is 73.0 Å². The van der Waals surface area contributed by atoms with Crippen LogP contribution in [0.2, 0.25) is 0 Å². The first-order chi connectivity index (χ1) is 12.4. The molecule has 7 nitrogen and oxygen atoms in total. The van der Waals surface area contributed by atoms with E-state index in [9.17, 15) is 14.4 Å². The van der Waals surface area contributed by atoms with E-state index in [0.717, 1.165) is 24.1 Å². The smallest absolute Gasteiger partial charge is 0.321 e. The highest BCUT2D eigenvalue weighted by molar-refractivity contribution is 5.92. The third kappa shape index (κ3) is 3.66. The number of hydrogen-bond donors (Lipinski definition) is 1. The Morgan fingerprint density at radius 1 is 1.19 bits per heavy atom. The van der Waals surface area contributed by atoms with Crippen molar-refractivity contribution in [3.63, 3.8) is 0 Å². The van der Waals surface area contributed by atoms with E-state index in [-0.39, 0.29) is 36.3 Å². The number of para-hydroxylation sites is 1. The van der Waals surface area contributed by atoms with Crippen molar-refractivity contribution in [2.24, 2.45) is 5.92 Å². The summed E-state index contributed by atoms with van der Waals surface area (Å²) in [5.74, 6) is -0.337. The van der Waals surface area contributed by atoms with E-state index in [1.165, 1.54) is 4.90 Å². The highest BCUT2D eigenvalue weighted by Crippen LogP contribution is 2.29. The first-order valence-corrected chi connectivity index (χ1v) is 8.99. The number of rotatable bonds is 3.